The first kappa shape index (κ1) is 22.1. The van der Waals surface area contributed by atoms with E-state index in [2.05, 4.69) is 4.98 Å². The third kappa shape index (κ3) is 4.32. The lowest BCUT2D eigenvalue weighted by Crippen LogP contribution is -2.63. The van der Waals surface area contributed by atoms with E-state index >= 15 is 0 Å². The molecule has 2 fully saturated rings. The maximum absolute atomic E-state index is 11.7. The Morgan fingerprint density at radius 2 is 1.52 bits per heavy atom. The normalized spacial score (nSPS) is 43.2. The van der Waals surface area contributed by atoms with Gasteiger partial charge in [-0.2, -0.15) is 0 Å². The summed E-state index contributed by atoms with van der Waals surface area (Å²) in [5.41, 5.74) is 0.182. The number of aromatic amines is 1. The molecule has 3 rings (SSSR count). The molecule has 6 N–H and O–H groups in total. The number of ketones is 1. The molecule has 2 saturated heterocycles. The van der Waals surface area contributed by atoms with Gasteiger partial charge in [0.15, 0.2) is 23.9 Å². The van der Waals surface area contributed by atoms with Gasteiger partial charge in [-0.15, -0.1) is 0 Å². The average molecular weight is 417 g/mol. The highest BCUT2D eigenvalue weighted by atomic mass is 16.8. The molecule has 11 heteroatoms. The second-order valence-corrected chi connectivity index (χ2v) is 7.36. The first-order valence-electron chi connectivity index (χ1n) is 9.33. The molecule has 0 amide bonds. The molecule has 1 aromatic heterocycles. The summed E-state index contributed by atoms with van der Waals surface area (Å²) in [4.78, 5) is 14.5. The van der Waals surface area contributed by atoms with Crippen LogP contribution < -0.4 is 4.74 Å². The van der Waals surface area contributed by atoms with Crippen molar-refractivity contribution in [2.24, 2.45) is 0 Å². The Kier molecular flexibility index (Phi) is 6.61. The summed E-state index contributed by atoms with van der Waals surface area (Å²) in [7, 11) is 0. The summed E-state index contributed by atoms with van der Waals surface area (Å²) < 4.78 is 22.4. The van der Waals surface area contributed by atoms with E-state index in [0.717, 1.165) is 0 Å². The van der Waals surface area contributed by atoms with Crippen LogP contribution in [0.3, 0.4) is 0 Å². The van der Waals surface area contributed by atoms with E-state index < -0.39 is 61.4 Å². The van der Waals surface area contributed by atoms with E-state index in [9.17, 15) is 30.3 Å². The van der Waals surface area contributed by atoms with Gasteiger partial charge in [0.2, 0.25) is 6.29 Å². The van der Waals surface area contributed by atoms with Crippen molar-refractivity contribution in [3.63, 3.8) is 0 Å². The van der Waals surface area contributed by atoms with E-state index in [1.165, 1.54) is 33.0 Å². The average Bonchev–Trinajstić information content (AvgIpc) is 3.13. The van der Waals surface area contributed by atoms with Crippen molar-refractivity contribution in [2.45, 2.75) is 82.2 Å². The van der Waals surface area contributed by atoms with E-state index in [0.29, 0.717) is 0 Å². The van der Waals surface area contributed by atoms with Gasteiger partial charge in [-0.05, 0) is 19.9 Å². The van der Waals surface area contributed by atoms with Crippen LogP contribution in [-0.2, 0) is 14.2 Å². The molecule has 0 aliphatic carbocycles. The largest absolute Gasteiger partial charge is 0.460 e. The third-order valence-electron chi connectivity index (χ3n) is 5.19. The molecule has 0 bridgehead atoms. The smallest absolute Gasteiger partial charge is 0.229 e. The van der Waals surface area contributed by atoms with Crippen LogP contribution in [0.5, 0.6) is 5.75 Å². The topological polar surface area (TPSA) is 171 Å². The lowest BCUT2D eigenvalue weighted by molar-refractivity contribution is -0.352. The summed E-state index contributed by atoms with van der Waals surface area (Å²) in [5.74, 6) is -0.135. The summed E-state index contributed by atoms with van der Waals surface area (Å²) in [6, 6.07) is 1.49. The molecule has 2 aliphatic heterocycles. The zero-order chi connectivity index (χ0) is 21.5. The third-order valence-corrected chi connectivity index (χ3v) is 5.19. The summed E-state index contributed by atoms with van der Waals surface area (Å²) in [5, 5.41) is 50.7. The molecule has 0 aromatic carbocycles. The van der Waals surface area contributed by atoms with Gasteiger partial charge in [0.05, 0.1) is 12.2 Å². The monoisotopic (exact) mass is 417 g/mol. The molecular formula is C18H27NO10. The lowest BCUT2D eigenvalue weighted by atomic mass is 9.98. The quantitative estimate of drug-likeness (QED) is 0.303. The van der Waals surface area contributed by atoms with E-state index in [-0.39, 0.29) is 17.2 Å². The van der Waals surface area contributed by atoms with E-state index in [1.54, 1.807) is 0 Å². The van der Waals surface area contributed by atoms with Gasteiger partial charge in [-0.1, -0.05) is 0 Å². The minimum absolute atomic E-state index is 0.154. The Hall–Kier alpha value is -1.57. The van der Waals surface area contributed by atoms with Crippen molar-refractivity contribution < 1.29 is 49.3 Å². The maximum Gasteiger partial charge on any atom is 0.229 e. The molecule has 11 nitrogen and oxygen atoms in total. The van der Waals surface area contributed by atoms with Crippen molar-refractivity contribution in [1.82, 2.24) is 4.98 Å². The summed E-state index contributed by atoms with van der Waals surface area (Å²) in [6.45, 7) is 4.35. The van der Waals surface area contributed by atoms with Gasteiger partial charge < -0.3 is 49.5 Å². The lowest BCUT2D eigenvalue weighted by Gasteiger charge is -2.45. The molecule has 1 aromatic rings. The number of rotatable bonds is 5. The molecule has 0 spiro atoms. The Balaban J connectivity index is 1.82. The van der Waals surface area contributed by atoms with E-state index in [4.69, 9.17) is 18.9 Å². The van der Waals surface area contributed by atoms with Gasteiger partial charge in [0.1, 0.15) is 36.2 Å². The van der Waals surface area contributed by atoms with Crippen molar-refractivity contribution in [1.29, 1.82) is 0 Å². The number of aliphatic hydroxyl groups is 5. The molecule has 0 unspecified atom stereocenters. The SMILES string of the molecule is CC(=O)c1[nH]ccc1O[C@@H]1O[C@H](C)[C@@H](O)[C@H](O)[C@H]1O[C@@H]1O[C@H](C)[C@@H](O)[C@H](O)[C@H]1O. The van der Waals surface area contributed by atoms with Crippen molar-refractivity contribution in [3.05, 3.63) is 18.0 Å². The minimum atomic E-state index is -1.62. The van der Waals surface area contributed by atoms with Crippen LogP contribution in [0.15, 0.2) is 12.3 Å². The fourth-order valence-corrected chi connectivity index (χ4v) is 3.38. The molecule has 10 atom stereocenters. The number of Topliss-reactive ketones (excluding diaryl/α,β-unsaturated/α-hetero) is 1. The number of H-pyrrole nitrogens is 1. The fraction of sp³-hybridized carbons (Fsp3) is 0.722. The number of ether oxygens (including phenoxy) is 4. The highest BCUT2D eigenvalue weighted by Gasteiger charge is 2.50. The highest BCUT2D eigenvalue weighted by molar-refractivity contribution is 5.94. The second kappa shape index (κ2) is 8.66. The van der Waals surface area contributed by atoms with Crippen LogP contribution in [-0.4, -0.2) is 97.7 Å². The Morgan fingerprint density at radius 1 is 0.931 bits per heavy atom. The van der Waals surface area contributed by atoms with Crippen molar-refractivity contribution in [2.75, 3.05) is 0 Å². The van der Waals surface area contributed by atoms with Gasteiger partial charge >= 0.3 is 0 Å². The molecule has 0 saturated carbocycles. The van der Waals surface area contributed by atoms with Crippen LogP contribution in [0, 0.1) is 0 Å². The number of aromatic nitrogens is 1. The molecular weight excluding hydrogens is 390 g/mol. The number of hydrogen-bond acceptors (Lipinski definition) is 10. The zero-order valence-corrected chi connectivity index (χ0v) is 16.2. The molecule has 164 valence electrons. The van der Waals surface area contributed by atoms with Crippen LogP contribution in [0.1, 0.15) is 31.3 Å². The number of nitrogens with one attached hydrogen (secondary N) is 1. The minimum Gasteiger partial charge on any atom is -0.460 e. The number of carbonyl (C=O) groups excluding carboxylic acids is 1. The van der Waals surface area contributed by atoms with Crippen LogP contribution >= 0.6 is 0 Å². The van der Waals surface area contributed by atoms with Gasteiger partial charge in [0, 0.05) is 13.1 Å². The number of carbonyl (C=O) groups is 1. The number of aliphatic hydroxyl groups excluding tert-OH is 5. The first-order valence-corrected chi connectivity index (χ1v) is 9.33. The second-order valence-electron chi connectivity index (χ2n) is 7.36. The Labute approximate surface area is 166 Å². The van der Waals surface area contributed by atoms with Crippen LogP contribution in [0.2, 0.25) is 0 Å². The highest BCUT2D eigenvalue weighted by Crippen LogP contribution is 2.31. The Morgan fingerprint density at radius 3 is 2.14 bits per heavy atom. The summed E-state index contributed by atoms with van der Waals surface area (Å²) in [6.07, 6.45) is -11.5. The van der Waals surface area contributed by atoms with Gasteiger partial charge in [0.25, 0.3) is 0 Å². The first-order chi connectivity index (χ1) is 13.6. The molecule has 2 aliphatic rings. The van der Waals surface area contributed by atoms with Crippen LogP contribution in [0.4, 0.5) is 0 Å². The molecule has 29 heavy (non-hydrogen) atoms. The van der Waals surface area contributed by atoms with E-state index in [1.807, 2.05) is 0 Å². The van der Waals surface area contributed by atoms with Gasteiger partial charge in [-0.3, -0.25) is 4.79 Å². The fourth-order valence-electron chi connectivity index (χ4n) is 3.38. The van der Waals surface area contributed by atoms with Crippen LogP contribution in [0.25, 0.3) is 0 Å². The van der Waals surface area contributed by atoms with Crippen molar-refractivity contribution in [3.8, 4) is 5.75 Å². The standard InChI is InChI=1S/C18H27NO10/c1-6(20)10-9(4-5-19-10)28-18-16(14(24)12(22)8(3)27-18)29-17-15(25)13(23)11(21)7(2)26-17/h4-5,7-8,11-19,21-25H,1-3H3/t7-,8-,11-,12-,13+,14+,15-,16-,17+,18+/m1/s1. The predicted molar refractivity (Wildman–Crippen MR) is 95.0 cm³/mol. The Bertz CT molecular complexity index is 711. The maximum atomic E-state index is 11.7. The predicted octanol–water partition coefficient (Wildman–Crippen LogP) is -1.72. The summed E-state index contributed by atoms with van der Waals surface area (Å²) >= 11 is 0. The molecule has 3 heterocycles. The number of hydrogen-bond donors (Lipinski definition) is 6. The van der Waals surface area contributed by atoms with Gasteiger partial charge in [-0.25, -0.2) is 0 Å². The molecule has 0 radical (unpaired) electrons. The van der Waals surface area contributed by atoms with Crippen molar-refractivity contribution >= 4 is 5.78 Å². The zero-order valence-electron chi connectivity index (χ0n) is 16.2.